The molecule has 1 rings (SSSR count). The summed E-state index contributed by atoms with van der Waals surface area (Å²) in [5.41, 5.74) is 5.59. The highest BCUT2D eigenvalue weighted by molar-refractivity contribution is 9.10. The van der Waals surface area contributed by atoms with Gasteiger partial charge < -0.3 is 15.8 Å². The van der Waals surface area contributed by atoms with E-state index in [9.17, 15) is 9.18 Å². The third kappa shape index (κ3) is 3.42. The van der Waals surface area contributed by atoms with E-state index in [-0.39, 0.29) is 18.3 Å². The molecule has 0 unspecified atom stereocenters. The van der Waals surface area contributed by atoms with Crippen molar-refractivity contribution in [2.45, 2.75) is 0 Å². The first-order valence-electron chi connectivity index (χ1n) is 4.62. The SMILES string of the molecule is CN(CC(N)=NO)C(=O)c1ccc(F)cc1Br. The lowest BCUT2D eigenvalue weighted by Crippen LogP contribution is -2.35. The molecular weight excluding hydrogens is 293 g/mol. The van der Waals surface area contributed by atoms with Gasteiger partial charge in [-0.05, 0) is 34.1 Å². The number of nitrogens with two attached hydrogens (primary N) is 1. The molecule has 1 aromatic carbocycles. The number of halogens is 2. The van der Waals surface area contributed by atoms with Crippen molar-refractivity contribution in [2.75, 3.05) is 13.6 Å². The van der Waals surface area contributed by atoms with E-state index in [2.05, 4.69) is 21.1 Å². The molecule has 5 nitrogen and oxygen atoms in total. The molecule has 0 aromatic heterocycles. The van der Waals surface area contributed by atoms with Crippen molar-refractivity contribution < 1.29 is 14.4 Å². The summed E-state index contributed by atoms with van der Waals surface area (Å²) >= 11 is 3.10. The van der Waals surface area contributed by atoms with Crippen LogP contribution in [0.3, 0.4) is 0 Å². The van der Waals surface area contributed by atoms with E-state index in [4.69, 9.17) is 10.9 Å². The molecule has 0 radical (unpaired) electrons. The number of amidine groups is 1. The lowest BCUT2D eigenvalue weighted by atomic mass is 10.2. The van der Waals surface area contributed by atoms with Gasteiger partial charge in [0.1, 0.15) is 5.82 Å². The number of carbonyl (C=O) groups is 1. The minimum absolute atomic E-state index is 0.0147. The van der Waals surface area contributed by atoms with Gasteiger partial charge in [-0.3, -0.25) is 4.79 Å². The van der Waals surface area contributed by atoms with Crippen molar-refractivity contribution in [1.29, 1.82) is 0 Å². The molecule has 0 atom stereocenters. The van der Waals surface area contributed by atoms with E-state index in [1.165, 1.54) is 30.1 Å². The molecule has 0 bridgehead atoms. The van der Waals surface area contributed by atoms with Gasteiger partial charge in [0, 0.05) is 11.5 Å². The molecule has 0 saturated heterocycles. The smallest absolute Gasteiger partial charge is 0.255 e. The topological polar surface area (TPSA) is 78.9 Å². The minimum Gasteiger partial charge on any atom is -0.409 e. The summed E-state index contributed by atoms with van der Waals surface area (Å²) in [6.07, 6.45) is 0. The Labute approximate surface area is 106 Å². The fourth-order valence-electron chi connectivity index (χ4n) is 1.21. The van der Waals surface area contributed by atoms with Crippen molar-refractivity contribution in [1.82, 2.24) is 4.90 Å². The molecule has 0 aliphatic heterocycles. The van der Waals surface area contributed by atoms with Gasteiger partial charge in [-0.1, -0.05) is 5.16 Å². The Morgan fingerprint density at radius 3 is 2.82 bits per heavy atom. The first kappa shape index (κ1) is 13.4. The summed E-state index contributed by atoms with van der Waals surface area (Å²) in [7, 11) is 1.50. The van der Waals surface area contributed by atoms with E-state index in [0.29, 0.717) is 10.0 Å². The zero-order valence-corrected chi connectivity index (χ0v) is 10.6. The van der Waals surface area contributed by atoms with Crippen molar-refractivity contribution >= 4 is 27.7 Å². The molecule has 0 spiro atoms. The van der Waals surface area contributed by atoms with Crippen molar-refractivity contribution in [3.63, 3.8) is 0 Å². The molecular formula is C10H11BrFN3O2. The van der Waals surface area contributed by atoms with Gasteiger partial charge >= 0.3 is 0 Å². The van der Waals surface area contributed by atoms with Crippen LogP contribution in [0, 0.1) is 5.82 Å². The summed E-state index contributed by atoms with van der Waals surface area (Å²) in [5.74, 6) is -0.880. The highest BCUT2D eigenvalue weighted by Crippen LogP contribution is 2.19. The summed E-state index contributed by atoms with van der Waals surface area (Å²) in [6.45, 7) is -0.0147. The maximum atomic E-state index is 12.8. The monoisotopic (exact) mass is 303 g/mol. The Balaban J connectivity index is 2.89. The summed E-state index contributed by atoms with van der Waals surface area (Å²) in [5, 5.41) is 11.2. The quantitative estimate of drug-likeness (QED) is 0.383. The van der Waals surface area contributed by atoms with Crippen LogP contribution in [0.4, 0.5) is 4.39 Å². The normalized spacial score (nSPS) is 11.4. The van der Waals surface area contributed by atoms with Crippen LogP contribution in [0.5, 0.6) is 0 Å². The molecule has 17 heavy (non-hydrogen) atoms. The maximum Gasteiger partial charge on any atom is 0.255 e. The predicted molar refractivity (Wildman–Crippen MR) is 64.5 cm³/mol. The fraction of sp³-hybridized carbons (Fsp3) is 0.200. The van der Waals surface area contributed by atoms with E-state index < -0.39 is 5.82 Å². The Morgan fingerprint density at radius 1 is 1.65 bits per heavy atom. The van der Waals surface area contributed by atoms with Crippen LogP contribution in [0.1, 0.15) is 10.4 Å². The van der Waals surface area contributed by atoms with E-state index in [0.717, 1.165) is 0 Å². The first-order valence-corrected chi connectivity index (χ1v) is 5.42. The van der Waals surface area contributed by atoms with E-state index in [1.807, 2.05) is 0 Å². The molecule has 92 valence electrons. The van der Waals surface area contributed by atoms with Crippen LogP contribution >= 0.6 is 15.9 Å². The second kappa shape index (κ2) is 5.62. The lowest BCUT2D eigenvalue weighted by molar-refractivity contribution is 0.0812. The summed E-state index contributed by atoms with van der Waals surface area (Å²) in [6, 6.07) is 3.75. The number of benzene rings is 1. The molecule has 1 aromatic rings. The molecule has 7 heteroatoms. The average Bonchev–Trinajstić information content (AvgIpc) is 2.28. The van der Waals surface area contributed by atoms with E-state index in [1.54, 1.807) is 0 Å². The molecule has 0 fully saturated rings. The molecule has 0 heterocycles. The van der Waals surface area contributed by atoms with Crippen LogP contribution in [0.2, 0.25) is 0 Å². The minimum atomic E-state index is -0.437. The van der Waals surface area contributed by atoms with Crippen molar-refractivity contribution in [2.24, 2.45) is 10.9 Å². The predicted octanol–water partition coefficient (Wildman–Crippen LogP) is 1.41. The molecule has 0 saturated carbocycles. The molecule has 0 aliphatic carbocycles. The van der Waals surface area contributed by atoms with Crippen LogP contribution in [-0.4, -0.2) is 35.4 Å². The number of oxime groups is 1. The Hall–Kier alpha value is -1.63. The number of hydrogen-bond acceptors (Lipinski definition) is 3. The number of rotatable bonds is 3. The van der Waals surface area contributed by atoms with Crippen LogP contribution < -0.4 is 5.73 Å². The Kier molecular flexibility index (Phi) is 4.45. The largest absolute Gasteiger partial charge is 0.409 e. The van der Waals surface area contributed by atoms with Crippen LogP contribution in [-0.2, 0) is 0 Å². The van der Waals surface area contributed by atoms with E-state index >= 15 is 0 Å². The van der Waals surface area contributed by atoms with Crippen molar-refractivity contribution in [3.05, 3.63) is 34.1 Å². The third-order valence-corrected chi connectivity index (χ3v) is 2.69. The molecule has 3 N–H and O–H groups in total. The van der Waals surface area contributed by atoms with Crippen LogP contribution in [0.15, 0.2) is 27.8 Å². The zero-order valence-electron chi connectivity index (χ0n) is 9.02. The standard InChI is InChI=1S/C10H11BrFN3O2/c1-15(5-9(13)14-17)10(16)7-3-2-6(12)4-8(7)11/h2-4,17H,5H2,1H3,(H2,13,14). The number of carbonyl (C=O) groups excluding carboxylic acids is 1. The second-order valence-electron chi connectivity index (χ2n) is 3.38. The first-order chi connectivity index (χ1) is 7.95. The Bertz CT molecular complexity index is 465. The maximum absolute atomic E-state index is 12.8. The second-order valence-corrected chi connectivity index (χ2v) is 4.23. The van der Waals surface area contributed by atoms with Gasteiger partial charge in [-0.25, -0.2) is 4.39 Å². The fourth-order valence-corrected chi connectivity index (χ4v) is 1.74. The number of amides is 1. The van der Waals surface area contributed by atoms with Gasteiger partial charge in [-0.15, -0.1) is 0 Å². The Morgan fingerprint density at radius 2 is 2.29 bits per heavy atom. The zero-order chi connectivity index (χ0) is 13.0. The van der Waals surface area contributed by atoms with Gasteiger partial charge in [0.2, 0.25) is 0 Å². The number of likely N-dealkylation sites (N-methyl/N-ethyl adjacent to an activating group) is 1. The lowest BCUT2D eigenvalue weighted by Gasteiger charge is -2.16. The van der Waals surface area contributed by atoms with Gasteiger partial charge in [0.15, 0.2) is 5.84 Å². The number of nitrogens with zero attached hydrogens (tertiary/aromatic N) is 2. The van der Waals surface area contributed by atoms with Gasteiger partial charge in [-0.2, -0.15) is 0 Å². The molecule has 1 amide bonds. The molecule has 0 aliphatic rings. The average molecular weight is 304 g/mol. The summed E-state index contributed by atoms with van der Waals surface area (Å²) in [4.78, 5) is 13.2. The van der Waals surface area contributed by atoms with Crippen LogP contribution in [0.25, 0.3) is 0 Å². The highest BCUT2D eigenvalue weighted by Gasteiger charge is 2.16. The van der Waals surface area contributed by atoms with Gasteiger partial charge in [0.05, 0.1) is 12.1 Å². The highest BCUT2D eigenvalue weighted by atomic mass is 79.9. The number of hydrogen-bond donors (Lipinski definition) is 2. The van der Waals surface area contributed by atoms with Crippen molar-refractivity contribution in [3.8, 4) is 0 Å². The summed E-state index contributed by atoms with van der Waals surface area (Å²) < 4.78 is 13.2. The van der Waals surface area contributed by atoms with Gasteiger partial charge in [0.25, 0.3) is 5.91 Å². The third-order valence-electron chi connectivity index (χ3n) is 2.04.